The predicted octanol–water partition coefficient (Wildman–Crippen LogP) is 2.21. The van der Waals surface area contributed by atoms with Gasteiger partial charge in [-0.15, -0.1) is 0 Å². The number of methoxy groups -OCH3 is 1. The van der Waals surface area contributed by atoms with E-state index in [1.165, 1.54) is 0 Å². The molecule has 0 bridgehead atoms. The van der Waals surface area contributed by atoms with Crippen LogP contribution in [-0.4, -0.2) is 19.6 Å². The van der Waals surface area contributed by atoms with Crippen molar-refractivity contribution in [2.24, 2.45) is 11.7 Å². The van der Waals surface area contributed by atoms with Crippen LogP contribution in [0.4, 0.5) is 0 Å². The molecule has 1 unspecified atom stereocenters. The molecule has 112 valence electrons. The van der Waals surface area contributed by atoms with E-state index < -0.39 is 0 Å². The third-order valence-electron chi connectivity index (χ3n) is 3.32. The molecule has 3 N–H and O–H groups in total. The molecule has 20 heavy (non-hydrogen) atoms. The fraction of sp³-hybridized carbons (Fsp3) is 0.562. The highest BCUT2D eigenvalue weighted by Crippen LogP contribution is 2.09. The topological polar surface area (TPSA) is 64.3 Å². The molecule has 0 radical (unpaired) electrons. The molecule has 4 nitrogen and oxygen atoms in total. The Kier molecular flexibility index (Phi) is 7.92. The zero-order valence-corrected chi connectivity index (χ0v) is 12.5. The highest BCUT2D eigenvalue weighted by atomic mass is 16.5. The van der Waals surface area contributed by atoms with E-state index in [0.29, 0.717) is 32.0 Å². The number of nitrogens with two attached hydrogens (primary N) is 1. The summed E-state index contributed by atoms with van der Waals surface area (Å²) in [5.74, 6) is 0.613. The molecule has 1 rings (SSSR count). The van der Waals surface area contributed by atoms with Crippen molar-refractivity contribution in [1.82, 2.24) is 5.32 Å². The Morgan fingerprint density at radius 2 is 2.10 bits per heavy atom. The van der Waals surface area contributed by atoms with Crippen LogP contribution >= 0.6 is 0 Å². The second kappa shape index (κ2) is 9.50. The summed E-state index contributed by atoms with van der Waals surface area (Å²) in [4.78, 5) is 11.8. The van der Waals surface area contributed by atoms with Gasteiger partial charge in [0.1, 0.15) is 0 Å². The van der Waals surface area contributed by atoms with Gasteiger partial charge in [-0.2, -0.15) is 0 Å². The number of rotatable bonds is 9. The minimum absolute atomic E-state index is 0.103. The third kappa shape index (κ3) is 6.68. The first kappa shape index (κ1) is 16.7. The number of hydrogen-bond donors (Lipinski definition) is 2. The van der Waals surface area contributed by atoms with Crippen LogP contribution in [0, 0.1) is 5.92 Å². The van der Waals surface area contributed by atoms with Crippen LogP contribution in [0.15, 0.2) is 24.3 Å². The van der Waals surface area contributed by atoms with Gasteiger partial charge >= 0.3 is 0 Å². The van der Waals surface area contributed by atoms with E-state index in [1.807, 2.05) is 18.2 Å². The second-order valence-electron chi connectivity index (χ2n) is 5.25. The summed E-state index contributed by atoms with van der Waals surface area (Å²) < 4.78 is 5.10. The molecule has 0 fully saturated rings. The van der Waals surface area contributed by atoms with Crippen molar-refractivity contribution < 1.29 is 9.53 Å². The summed E-state index contributed by atoms with van der Waals surface area (Å²) in [5, 5.41) is 2.95. The van der Waals surface area contributed by atoms with Crippen LogP contribution < -0.4 is 11.1 Å². The van der Waals surface area contributed by atoms with Crippen LogP contribution in [0.2, 0.25) is 0 Å². The minimum atomic E-state index is 0.103. The van der Waals surface area contributed by atoms with E-state index in [0.717, 1.165) is 24.0 Å². The zero-order valence-electron chi connectivity index (χ0n) is 12.5. The van der Waals surface area contributed by atoms with Crippen LogP contribution in [0.5, 0.6) is 0 Å². The molecule has 1 aromatic carbocycles. The van der Waals surface area contributed by atoms with Gasteiger partial charge in [-0.1, -0.05) is 31.2 Å². The van der Waals surface area contributed by atoms with Crippen LogP contribution in [0.3, 0.4) is 0 Å². The van der Waals surface area contributed by atoms with Gasteiger partial charge in [0.05, 0.1) is 6.61 Å². The Morgan fingerprint density at radius 3 is 2.80 bits per heavy atom. The summed E-state index contributed by atoms with van der Waals surface area (Å²) in [5.41, 5.74) is 7.72. The SMILES string of the molecule is COCc1cccc(CNC(=O)CCC(C)CCN)c1. The highest BCUT2D eigenvalue weighted by Gasteiger charge is 2.06. The van der Waals surface area contributed by atoms with Crippen LogP contribution in [0.25, 0.3) is 0 Å². The maximum Gasteiger partial charge on any atom is 0.220 e. The molecule has 1 atom stereocenters. The van der Waals surface area contributed by atoms with Gasteiger partial charge in [0.2, 0.25) is 5.91 Å². The monoisotopic (exact) mass is 278 g/mol. The molecule has 0 aliphatic carbocycles. The molecule has 0 saturated heterocycles. The Hall–Kier alpha value is -1.39. The van der Waals surface area contributed by atoms with Gasteiger partial charge < -0.3 is 15.8 Å². The van der Waals surface area contributed by atoms with Crippen molar-refractivity contribution >= 4 is 5.91 Å². The maximum atomic E-state index is 11.8. The summed E-state index contributed by atoms with van der Waals surface area (Å²) in [6.45, 7) is 3.99. The van der Waals surface area contributed by atoms with E-state index >= 15 is 0 Å². The van der Waals surface area contributed by atoms with Gasteiger partial charge in [0.15, 0.2) is 0 Å². The van der Waals surface area contributed by atoms with Crippen molar-refractivity contribution in [3.05, 3.63) is 35.4 Å². The molecule has 0 heterocycles. The number of carbonyl (C=O) groups excluding carboxylic acids is 1. The minimum Gasteiger partial charge on any atom is -0.380 e. The van der Waals surface area contributed by atoms with Gasteiger partial charge in [0, 0.05) is 20.1 Å². The van der Waals surface area contributed by atoms with Gasteiger partial charge in [-0.25, -0.2) is 0 Å². The van der Waals surface area contributed by atoms with E-state index in [-0.39, 0.29) is 5.91 Å². The fourth-order valence-electron chi connectivity index (χ4n) is 2.09. The first-order valence-corrected chi connectivity index (χ1v) is 7.19. The Balaban J connectivity index is 2.31. The van der Waals surface area contributed by atoms with Crippen LogP contribution in [0.1, 0.15) is 37.3 Å². The van der Waals surface area contributed by atoms with E-state index in [9.17, 15) is 4.79 Å². The number of amides is 1. The van der Waals surface area contributed by atoms with E-state index in [4.69, 9.17) is 10.5 Å². The summed E-state index contributed by atoms with van der Waals surface area (Å²) in [6, 6.07) is 8.07. The lowest BCUT2D eigenvalue weighted by atomic mass is 10.0. The second-order valence-corrected chi connectivity index (χ2v) is 5.25. The van der Waals surface area contributed by atoms with Crippen molar-refractivity contribution in [1.29, 1.82) is 0 Å². The van der Waals surface area contributed by atoms with Crippen molar-refractivity contribution in [3.8, 4) is 0 Å². The number of hydrogen-bond acceptors (Lipinski definition) is 3. The summed E-state index contributed by atoms with van der Waals surface area (Å²) in [7, 11) is 1.68. The van der Waals surface area contributed by atoms with E-state index in [1.54, 1.807) is 7.11 Å². The molecule has 0 aliphatic heterocycles. The molecule has 0 spiro atoms. The van der Waals surface area contributed by atoms with Crippen molar-refractivity contribution in [2.45, 2.75) is 39.3 Å². The lowest BCUT2D eigenvalue weighted by Gasteiger charge is -2.10. The predicted molar refractivity (Wildman–Crippen MR) is 81.1 cm³/mol. The smallest absolute Gasteiger partial charge is 0.220 e. The molecule has 0 aromatic heterocycles. The molecule has 0 aliphatic rings. The van der Waals surface area contributed by atoms with Crippen molar-refractivity contribution in [3.63, 3.8) is 0 Å². The van der Waals surface area contributed by atoms with Crippen molar-refractivity contribution in [2.75, 3.05) is 13.7 Å². The number of ether oxygens (including phenoxy) is 1. The van der Waals surface area contributed by atoms with Gasteiger partial charge in [0.25, 0.3) is 0 Å². The van der Waals surface area contributed by atoms with Crippen LogP contribution in [-0.2, 0) is 22.7 Å². The standard InChI is InChI=1S/C16H26N2O2/c1-13(8-9-17)6-7-16(19)18-11-14-4-3-5-15(10-14)12-20-2/h3-5,10,13H,6-9,11-12,17H2,1-2H3,(H,18,19). The first-order valence-electron chi connectivity index (χ1n) is 7.19. The average Bonchev–Trinajstić information content (AvgIpc) is 2.44. The lowest BCUT2D eigenvalue weighted by Crippen LogP contribution is -2.23. The quantitative estimate of drug-likeness (QED) is 0.728. The Bertz CT molecular complexity index is 407. The normalized spacial score (nSPS) is 12.2. The summed E-state index contributed by atoms with van der Waals surface area (Å²) in [6.07, 6.45) is 2.44. The number of nitrogens with one attached hydrogen (secondary N) is 1. The first-order chi connectivity index (χ1) is 9.65. The lowest BCUT2D eigenvalue weighted by molar-refractivity contribution is -0.121. The number of benzene rings is 1. The average molecular weight is 278 g/mol. The molecular formula is C16H26N2O2. The molecule has 0 saturated carbocycles. The maximum absolute atomic E-state index is 11.8. The zero-order chi connectivity index (χ0) is 14.8. The molecule has 1 aromatic rings. The highest BCUT2D eigenvalue weighted by molar-refractivity contribution is 5.75. The third-order valence-corrected chi connectivity index (χ3v) is 3.32. The number of carbonyl (C=O) groups is 1. The Morgan fingerprint density at radius 1 is 1.35 bits per heavy atom. The van der Waals surface area contributed by atoms with Gasteiger partial charge in [-0.3, -0.25) is 4.79 Å². The van der Waals surface area contributed by atoms with E-state index in [2.05, 4.69) is 18.3 Å². The van der Waals surface area contributed by atoms with Gasteiger partial charge in [-0.05, 0) is 36.4 Å². The fourth-order valence-corrected chi connectivity index (χ4v) is 2.09. The Labute approximate surface area is 121 Å². The molecule has 1 amide bonds. The largest absolute Gasteiger partial charge is 0.380 e. The molecule has 4 heteroatoms. The molecular weight excluding hydrogens is 252 g/mol. The summed E-state index contributed by atoms with van der Waals surface area (Å²) >= 11 is 0.